The highest BCUT2D eigenvalue weighted by molar-refractivity contribution is 5.95. The van der Waals surface area contributed by atoms with Crippen molar-refractivity contribution < 1.29 is 9.53 Å². The molecule has 0 spiro atoms. The van der Waals surface area contributed by atoms with Crippen molar-refractivity contribution in [3.8, 4) is 0 Å². The van der Waals surface area contributed by atoms with E-state index in [-0.39, 0.29) is 5.91 Å². The Labute approximate surface area is 113 Å². The highest BCUT2D eigenvalue weighted by atomic mass is 16.5. The molecule has 1 amide bonds. The minimum atomic E-state index is -0.0197. The van der Waals surface area contributed by atoms with Crippen molar-refractivity contribution in [3.63, 3.8) is 0 Å². The summed E-state index contributed by atoms with van der Waals surface area (Å²) in [6, 6.07) is 7.29. The second-order valence-corrected chi connectivity index (χ2v) is 4.85. The summed E-state index contributed by atoms with van der Waals surface area (Å²) in [5.74, 6) is -0.0197. The Morgan fingerprint density at radius 3 is 2.74 bits per heavy atom. The van der Waals surface area contributed by atoms with Gasteiger partial charge in [-0.1, -0.05) is 12.1 Å². The van der Waals surface area contributed by atoms with Crippen molar-refractivity contribution in [2.24, 2.45) is 0 Å². The van der Waals surface area contributed by atoms with E-state index in [1.54, 1.807) is 13.2 Å². The smallest absolute Gasteiger partial charge is 0.238 e. The number of nitrogen functional groups attached to an aromatic ring is 1. The van der Waals surface area contributed by atoms with Gasteiger partial charge in [-0.25, -0.2) is 0 Å². The molecule has 1 aliphatic rings. The average Bonchev–Trinajstić information content (AvgIpc) is 2.42. The fraction of sp³-hybridized carbons (Fsp3) is 0.500. The first-order valence-electron chi connectivity index (χ1n) is 6.58. The molecule has 19 heavy (non-hydrogen) atoms. The number of nitrogens with zero attached hydrogens (tertiary/aromatic N) is 1. The lowest BCUT2D eigenvalue weighted by atomic mass is 10.1. The van der Waals surface area contributed by atoms with E-state index in [0.717, 1.165) is 25.9 Å². The highest BCUT2D eigenvalue weighted by Gasteiger charge is 2.20. The number of carbonyl (C=O) groups is 1. The van der Waals surface area contributed by atoms with Gasteiger partial charge in [-0.2, -0.15) is 0 Å². The van der Waals surface area contributed by atoms with Gasteiger partial charge in [-0.05, 0) is 25.0 Å². The van der Waals surface area contributed by atoms with Gasteiger partial charge in [0.1, 0.15) is 0 Å². The third-order valence-electron chi connectivity index (χ3n) is 3.47. The van der Waals surface area contributed by atoms with E-state index in [4.69, 9.17) is 10.5 Å². The number of methoxy groups -OCH3 is 1. The number of anilines is 2. The van der Waals surface area contributed by atoms with E-state index in [1.807, 2.05) is 18.2 Å². The van der Waals surface area contributed by atoms with Gasteiger partial charge < -0.3 is 15.8 Å². The molecule has 0 unspecified atom stereocenters. The normalized spacial score (nSPS) is 17.3. The highest BCUT2D eigenvalue weighted by Crippen LogP contribution is 2.17. The fourth-order valence-corrected chi connectivity index (χ4v) is 2.31. The summed E-state index contributed by atoms with van der Waals surface area (Å²) in [7, 11) is 1.74. The minimum Gasteiger partial charge on any atom is -0.397 e. The second kappa shape index (κ2) is 6.54. The van der Waals surface area contributed by atoms with Crippen LogP contribution in [0, 0.1) is 0 Å². The van der Waals surface area contributed by atoms with Gasteiger partial charge in [0.25, 0.3) is 0 Å². The maximum atomic E-state index is 11.9. The van der Waals surface area contributed by atoms with Gasteiger partial charge in [-0.15, -0.1) is 0 Å². The lowest BCUT2D eigenvalue weighted by Gasteiger charge is -2.30. The van der Waals surface area contributed by atoms with Crippen LogP contribution >= 0.6 is 0 Å². The first-order valence-corrected chi connectivity index (χ1v) is 6.58. The first-order chi connectivity index (χ1) is 9.19. The number of amides is 1. The molecular formula is C14H21N3O2. The molecule has 5 heteroatoms. The van der Waals surface area contributed by atoms with Crippen molar-refractivity contribution in [1.29, 1.82) is 0 Å². The molecule has 0 bridgehead atoms. The molecule has 1 saturated heterocycles. The standard InChI is InChI=1S/C14H21N3O2/c1-19-11-6-8-17(9-7-11)10-14(18)16-13-5-3-2-4-12(13)15/h2-5,11H,6-10,15H2,1H3,(H,16,18). The quantitative estimate of drug-likeness (QED) is 0.804. The molecule has 1 aliphatic heterocycles. The Kier molecular flexibility index (Phi) is 4.76. The number of nitrogens with two attached hydrogens (primary N) is 1. The summed E-state index contributed by atoms with van der Waals surface area (Å²) in [6.07, 6.45) is 2.30. The van der Waals surface area contributed by atoms with Crippen LogP contribution in [0.15, 0.2) is 24.3 Å². The van der Waals surface area contributed by atoms with E-state index < -0.39 is 0 Å². The summed E-state index contributed by atoms with van der Waals surface area (Å²) in [5.41, 5.74) is 7.06. The number of nitrogens with one attached hydrogen (secondary N) is 1. The van der Waals surface area contributed by atoms with Gasteiger partial charge in [0, 0.05) is 20.2 Å². The molecule has 5 nitrogen and oxygen atoms in total. The van der Waals surface area contributed by atoms with Gasteiger partial charge >= 0.3 is 0 Å². The van der Waals surface area contributed by atoms with Crippen molar-refractivity contribution in [1.82, 2.24) is 4.90 Å². The number of benzene rings is 1. The number of hydrogen-bond acceptors (Lipinski definition) is 4. The molecule has 104 valence electrons. The van der Waals surface area contributed by atoms with Gasteiger partial charge in [0.15, 0.2) is 0 Å². The summed E-state index contributed by atoms with van der Waals surface area (Å²) >= 11 is 0. The van der Waals surface area contributed by atoms with E-state index in [1.165, 1.54) is 0 Å². The molecule has 0 aliphatic carbocycles. The SMILES string of the molecule is COC1CCN(CC(=O)Nc2ccccc2N)CC1. The van der Waals surface area contributed by atoms with Crippen LogP contribution < -0.4 is 11.1 Å². The van der Waals surface area contributed by atoms with E-state index in [2.05, 4.69) is 10.2 Å². The van der Waals surface area contributed by atoms with Crippen molar-refractivity contribution in [2.75, 3.05) is 37.8 Å². The molecule has 1 aromatic carbocycles. The minimum absolute atomic E-state index is 0.0197. The average molecular weight is 263 g/mol. The Bertz CT molecular complexity index is 428. The molecule has 0 atom stereocenters. The van der Waals surface area contributed by atoms with Crippen LogP contribution in [0.2, 0.25) is 0 Å². The number of rotatable bonds is 4. The summed E-state index contributed by atoms with van der Waals surface area (Å²) < 4.78 is 5.31. The van der Waals surface area contributed by atoms with Crippen molar-refractivity contribution in [3.05, 3.63) is 24.3 Å². The molecule has 1 aromatic rings. The molecular weight excluding hydrogens is 242 g/mol. The van der Waals surface area contributed by atoms with Gasteiger partial charge in [-0.3, -0.25) is 9.69 Å². The van der Waals surface area contributed by atoms with E-state index in [0.29, 0.717) is 24.0 Å². The molecule has 2 rings (SSSR count). The number of para-hydroxylation sites is 2. The topological polar surface area (TPSA) is 67.6 Å². The Morgan fingerprint density at radius 1 is 1.42 bits per heavy atom. The van der Waals surface area contributed by atoms with Crippen LogP contribution in [0.1, 0.15) is 12.8 Å². The van der Waals surface area contributed by atoms with Crippen molar-refractivity contribution in [2.45, 2.75) is 18.9 Å². The van der Waals surface area contributed by atoms with Crippen LogP contribution in [0.3, 0.4) is 0 Å². The predicted molar refractivity (Wildman–Crippen MR) is 76.0 cm³/mol. The van der Waals surface area contributed by atoms with Crippen LogP contribution in [-0.2, 0) is 9.53 Å². The van der Waals surface area contributed by atoms with Gasteiger partial charge in [0.2, 0.25) is 5.91 Å². The fourth-order valence-electron chi connectivity index (χ4n) is 2.31. The summed E-state index contributed by atoms with van der Waals surface area (Å²) in [4.78, 5) is 14.1. The Hall–Kier alpha value is -1.59. The maximum absolute atomic E-state index is 11.9. The molecule has 1 heterocycles. The van der Waals surface area contributed by atoms with Crippen molar-refractivity contribution >= 4 is 17.3 Å². The lowest BCUT2D eigenvalue weighted by Crippen LogP contribution is -2.41. The monoisotopic (exact) mass is 263 g/mol. The largest absolute Gasteiger partial charge is 0.397 e. The third kappa shape index (κ3) is 3.94. The summed E-state index contributed by atoms with van der Waals surface area (Å²) in [6.45, 7) is 2.21. The van der Waals surface area contributed by atoms with Crippen LogP contribution in [0.5, 0.6) is 0 Å². The molecule has 0 aromatic heterocycles. The van der Waals surface area contributed by atoms with Crippen LogP contribution in [0.4, 0.5) is 11.4 Å². The molecule has 0 saturated carbocycles. The number of likely N-dealkylation sites (tertiary alicyclic amines) is 1. The third-order valence-corrected chi connectivity index (χ3v) is 3.47. The Morgan fingerprint density at radius 2 is 2.11 bits per heavy atom. The summed E-state index contributed by atoms with van der Waals surface area (Å²) in [5, 5.41) is 2.85. The molecule has 3 N–H and O–H groups in total. The zero-order valence-electron chi connectivity index (χ0n) is 11.3. The number of hydrogen-bond donors (Lipinski definition) is 2. The number of ether oxygens (including phenoxy) is 1. The zero-order valence-corrected chi connectivity index (χ0v) is 11.3. The zero-order chi connectivity index (χ0) is 13.7. The van der Waals surface area contributed by atoms with Gasteiger partial charge in [0.05, 0.1) is 24.0 Å². The van der Waals surface area contributed by atoms with Crippen LogP contribution in [0.25, 0.3) is 0 Å². The molecule has 1 fully saturated rings. The van der Waals surface area contributed by atoms with Crippen LogP contribution in [-0.4, -0.2) is 43.7 Å². The predicted octanol–water partition coefficient (Wildman–Crippen LogP) is 1.32. The lowest BCUT2D eigenvalue weighted by molar-refractivity contribution is -0.117. The Balaban J connectivity index is 1.81. The number of carbonyl (C=O) groups excluding carboxylic acids is 1. The maximum Gasteiger partial charge on any atom is 0.238 e. The van der Waals surface area contributed by atoms with E-state index >= 15 is 0 Å². The second-order valence-electron chi connectivity index (χ2n) is 4.85. The number of piperidine rings is 1. The first kappa shape index (κ1) is 13.8. The van der Waals surface area contributed by atoms with E-state index in [9.17, 15) is 4.79 Å². The molecule has 0 radical (unpaired) electrons.